The number of hydrogen-bond acceptors (Lipinski definition) is 2. The molecule has 2 heterocycles. The molecular formula is C14H12BrN3O. The lowest BCUT2D eigenvalue weighted by molar-refractivity contribution is 0.859. The van der Waals surface area contributed by atoms with E-state index in [9.17, 15) is 4.79 Å². The lowest BCUT2D eigenvalue weighted by Gasteiger charge is -2.05. The zero-order valence-corrected chi connectivity index (χ0v) is 11.9. The van der Waals surface area contributed by atoms with Gasteiger partial charge in [0, 0.05) is 23.9 Å². The van der Waals surface area contributed by atoms with Crippen LogP contribution in [-0.4, -0.2) is 14.6 Å². The van der Waals surface area contributed by atoms with Crippen LogP contribution < -0.4 is 5.56 Å². The molecule has 19 heavy (non-hydrogen) atoms. The molecule has 2 aromatic heterocycles. The molecule has 0 aliphatic heterocycles. The molecule has 0 unspecified atom stereocenters. The highest BCUT2D eigenvalue weighted by Gasteiger charge is 2.12. The second-order valence-electron chi connectivity index (χ2n) is 4.42. The van der Waals surface area contributed by atoms with E-state index in [2.05, 4.69) is 26.0 Å². The molecule has 0 fully saturated rings. The second-order valence-corrected chi connectivity index (χ2v) is 5.28. The van der Waals surface area contributed by atoms with E-state index in [0.717, 1.165) is 21.3 Å². The summed E-state index contributed by atoms with van der Waals surface area (Å²) in [5.41, 5.74) is 3.18. The van der Waals surface area contributed by atoms with Crippen LogP contribution in [0.3, 0.4) is 0 Å². The van der Waals surface area contributed by atoms with Crippen LogP contribution in [0, 0.1) is 6.92 Å². The highest BCUT2D eigenvalue weighted by molar-refractivity contribution is 9.10. The molecule has 5 heteroatoms. The predicted octanol–water partition coefficient (Wildman–Crippen LogP) is 2.68. The predicted molar refractivity (Wildman–Crippen MR) is 77.5 cm³/mol. The van der Waals surface area contributed by atoms with Crippen LogP contribution in [-0.2, 0) is 6.42 Å². The Morgan fingerprint density at radius 1 is 1.32 bits per heavy atom. The van der Waals surface area contributed by atoms with Gasteiger partial charge >= 0.3 is 0 Å². The van der Waals surface area contributed by atoms with Crippen LogP contribution in [0.5, 0.6) is 0 Å². The lowest BCUT2D eigenvalue weighted by Crippen LogP contribution is -2.22. The van der Waals surface area contributed by atoms with E-state index in [1.54, 1.807) is 6.20 Å². The zero-order chi connectivity index (χ0) is 13.4. The molecule has 4 nitrogen and oxygen atoms in total. The van der Waals surface area contributed by atoms with Gasteiger partial charge in [0.2, 0.25) is 0 Å². The topological polar surface area (TPSA) is 50.2 Å². The minimum Gasteiger partial charge on any atom is -0.296 e. The normalized spacial score (nSPS) is 11.1. The summed E-state index contributed by atoms with van der Waals surface area (Å²) in [5.74, 6) is 0. The molecule has 0 aliphatic carbocycles. The molecule has 0 aliphatic rings. The van der Waals surface area contributed by atoms with Crippen molar-refractivity contribution in [2.24, 2.45) is 0 Å². The molecule has 0 saturated carbocycles. The van der Waals surface area contributed by atoms with Crippen molar-refractivity contribution in [2.45, 2.75) is 13.3 Å². The summed E-state index contributed by atoms with van der Waals surface area (Å²) in [6, 6.07) is 9.93. The maximum absolute atomic E-state index is 12.4. The van der Waals surface area contributed by atoms with Gasteiger partial charge < -0.3 is 0 Å². The molecule has 3 rings (SSSR count). The molecule has 3 aromatic rings. The van der Waals surface area contributed by atoms with Crippen LogP contribution in [0.15, 0.2) is 45.8 Å². The molecule has 1 aromatic carbocycles. The van der Waals surface area contributed by atoms with Gasteiger partial charge in [-0.25, -0.2) is 9.50 Å². The summed E-state index contributed by atoms with van der Waals surface area (Å²) in [5, 5.41) is 2.90. The number of halogens is 1. The lowest BCUT2D eigenvalue weighted by atomic mass is 10.1. The zero-order valence-electron chi connectivity index (χ0n) is 10.4. The monoisotopic (exact) mass is 317 g/mol. The fourth-order valence-electron chi connectivity index (χ4n) is 2.13. The van der Waals surface area contributed by atoms with E-state index in [1.165, 1.54) is 4.52 Å². The van der Waals surface area contributed by atoms with Gasteiger partial charge in [0.05, 0.1) is 4.47 Å². The van der Waals surface area contributed by atoms with Crippen LogP contribution in [0.1, 0.15) is 16.8 Å². The van der Waals surface area contributed by atoms with E-state index < -0.39 is 0 Å². The Morgan fingerprint density at radius 3 is 2.79 bits per heavy atom. The summed E-state index contributed by atoms with van der Waals surface area (Å²) in [7, 11) is 0. The Kier molecular flexibility index (Phi) is 2.98. The van der Waals surface area contributed by atoms with Crippen LogP contribution >= 0.6 is 15.9 Å². The van der Waals surface area contributed by atoms with Crippen molar-refractivity contribution in [2.75, 3.05) is 0 Å². The van der Waals surface area contributed by atoms with Gasteiger partial charge in [-0.3, -0.25) is 9.89 Å². The summed E-state index contributed by atoms with van der Waals surface area (Å²) < 4.78 is 2.26. The number of aryl methyl sites for hydroxylation is 1. The SMILES string of the molecule is Cc1nc2c(Br)c[nH]n2c(=O)c1Cc1ccccc1. The smallest absolute Gasteiger partial charge is 0.276 e. The Labute approximate surface area is 118 Å². The van der Waals surface area contributed by atoms with Crippen LogP contribution in [0.2, 0.25) is 0 Å². The average molecular weight is 318 g/mol. The van der Waals surface area contributed by atoms with E-state index >= 15 is 0 Å². The summed E-state index contributed by atoms with van der Waals surface area (Å²) in [4.78, 5) is 16.9. The Hall–Kier alpha value is -1.88. The highest BCUT2D eigenvalue weighted by Crippen LogP contribution is 2.16. The van der Waals surface area contributed by atoms with Crippen LogP contribution in [0.25, 0.3) is 5.65 Å². The summed E-state index contributed by atoms with van der Waals surface area (Å²) >= 11 is 3.37. The molecule has 96 valence electrons. The average Bonchev–Trinajstić information content (AvgIpc) is 2.78. The summed E-state index contributed by atoms with van der Waals surface area (Å²) in [6.07, 6.45) is 2.31. The number of hydrogen-bond donors (Lipinski definition) is 1. The molecule has 1 N–H and O–H groups in total. The third kappa shape index (κ3) is 2.10. The number of nitrogens with zero attached hydrogens (tertiary/aromatic N) is 2. The van der Waals surface area contributed by atoms with E-state index in [0.29, 0.717) is 12.1 Å². The Balaban J connectivity index is 2.16. The standard InChI is InChI=1S/C14H12BrN3O/c1-9-11(7-10-5-3-2-4-6-10)14(19)18-13(17-9)12(15)8-16-18/h2-6,8,16H,7H2,1H3. The number of benzene rings is 1. The van der Waals surface area contributed by atoms with E-state index in [1.807, 2.05) is 37.3 Å². The van der Waals surface area contributed by atoms with Crippen LogP contribution in [0.4, 0.5) is 0 Å². The Morgan fingerprint density at radius 2 is 2.05 bits per heavy atom. The van der Waals surface area contributed by atoms with Crippen molar-refractivity contribution < 1.29 is 0 Å². The fraction of sp³-hybridized carbons (Fsp3) is 0.143. The second kappa shape index (κ2) is 4.66. The van der Waals surface area contributed by atoms with E-state index in [-0.39, 0.29) is 5.56 Å². The van der Waals surface area contributed by atoms with Gasteiger partial charge in [-0.2, -0.15) is 0 Å². The van der Waals surface area contributed by atoms with Gasteiger partial charge in [-0.1, -0.05) is 30.3 Å². The summed E-state index contributed by atoms with van der Waals surface area (Å²) in [6.45, 7) is 1.87. The van der Waals surface area contributed by atoms with Gasteiger partial charge in [-0.15, -0.1) is 0 Å². The van der Waals surface area contributed by atoms with Crippen molar-refractivity contribution in [3.8, 4) is 0 Å². The fourth-order valence-corrected chi connectivity index (χ4v) is 2.50. The largest absolute Gasteiger partial charge is 0.296 e. The first-order valence-electron chi connectivity index (χ1n) is 5.96. The third-order valence-electron chi connectivity index (χ3n) is 3.14. The third-order valence-corrected chi connectivity index (χ3v) is 3.72. The molecule has 0 radical (unpaired) electrons. The minimum atomic E-state index is -0.0444. The number of rotatable bonds is 2. The number of fused-ring (bicyclic) bond motifs is 1. The molecule has 0 atom stereocenters. The molecular weight excluding hydrogens is 306 g/mol. The maximum atomic E-state index is 12.4. The minimum absolute atomic E-state index is 0.0444. The first-order valence-corrected chi connectivity index (χ1v) is 6.75. The number of nitrogens with one attached hydrogen (secondary N) is 1. The highest BCUT2D eigenvalue weighted by atomic mass is 79.9. The van der Waals surface area contributed by atoms with Gasteiger partial charge in [0.25, 0.3) is 5.56 Å². The maximum Gasteiger partial charge on any atom is 0.276 e. The van der Waals surface area contributed by atoms with Crippen molar-refractivity contribution in [1.29, 1.82) is 0 Å². The van der Waals surface area contributed by atoms with Gasteiger partial charge in [0.15, 0.2) is 5.65 Å². The molecule has 0 amide bonds. The van der Waals surface area contributed by atoms with E-state index in [4.69, 9.17) is 0 Å². The molecule has 0 spiro atoms. The van der Waals surface area contributed by atoms with Crippen molar-refractivity contribution in [3.63, 3.8) is 0 Å². The van der Waals surface area contributed by atoms with Crippen molar-refractivity contribution in [3.05, 3.63) is 68.2 Å². The first-order chi connectivity index (χ1) is 9.16. The molecule has 0 bridgehead atoms. The number of H-pyrrole nitrogens is 1. The number of aromatic nitrogens is 3. The quantitative estimate of drug-likeness (QED) is 0.790. The number of aromatic amines is 1. The molecule has 0 saturated heterocycles. The first kappa shape index (κ1) is 12.2. The Bertz CT molecular complexity index is 790. The van der Waals surface area contributed by atoms with Gasteiger partial charge in [-0.05, 0) is 28.4 Å². The van der Waals surface area contributed by atoms with Crippen molar-refractivity contribution >= 4 is 21.6 Å². The van der Waals surface area contributed by atoms with Gasteiger partial charge in [0.1, 0.15) is 0 Å². The van der Waals surface area contributed by atoms with Crippen molar-refractivity contribution in [1.82, 2.24) is 14.6 Å².